The van der Waals surface area contributed by atoms with Crippen LogP contribution in [0.4, 0.5) is 4.79 Å². The van der Waals surface area contributed by atoms with E-state index in [1.54, 1.807) is 0 Å². The van der Waals surface area contributed by atoms with Crippen molar-refractivity contribution in [1.82, 2.24) is 15.1 Å². The van der Waals surface area contributed by atoms with E-state index in [1.807, 2.05) is 4.90 Å². The summed E-state index contributed by atoms with van der Waals surface area (Å²) in [5.41, 5.74) is 0. The van der Waals surface area contributed by atoms with E-state index in [9.17, 15) is 13.2 Å². The average Bonchev–Trinajstić information content (AvgIpc) is 2.56. The molecule has 0 spiro atoms. The van der Waals surface area contributed by atoms with E-state index in [2.05, 4.69) is 17.3 Å². The van der Waals surface area contributed by atoms with Gasteiger partial charge in [0, 0.05) is 26.2 Å². The summed E-state index contributed by atoms with van der Waals surface area (Å²) >= 11 is 0. The fraction of sp³-hybridized carbons (Fsp3) is 0.917. The summed E-state index contributed by atoms with van der Waals surface area (Å²) in [5.74, 6) is 0.571. The molecule has 1 N–H and O–H groups in total. The number of amides is 2. The van der Waals surface area contributed by atoms with Gasteiger partial charge in [0.1, 0.15) is 0 Å². The Balaban J connectivity index is 1.75. The molecule has 0 saturated carbocycles. The normalized spacial score (nSPS) is 28.1. The lowest BCUT2D eigenvalue weighted by molar-refractivity contribution is 0.198. The average molecular weight is 289 g/mol. The molecule has 2 rings (SSSR count). The molecule has 19 heavy (non-hydrogen) atoms. The third-order valence-corrected chi connectivity index (χ3v) is 5.71. The van der Waals surface area contributed by atoms with Crippen molar-refractivity contribution in [2.24, 2.45) is 5.92 Å². The van der Waals surface area contributed by atoms with Crippen molar-refractivity contribution in [1.29, 1.82) is 0 Å². The van der Waals surface area contributed by atoms with E-state index in [4.69, 9.17) is 0 Å². The van der Waals surface area contributed by atoms with Crippen LogP contribution in [-0.4, -0.2) is 75.5 Å². The van der Waals surface area contributed by atoms with Crippen LogP contribution in [0.25, 0.3) is 0 Å². The van der Waals surface area contributed by atoms with Gasteiger partial charge in [0.2, 0.25) is 0 Å². The highest BCUT2D eigenvalue weighted by Crippen LogP contribution is 2.17. The third kappa shape index (κ3) is 4.35. The zero-order valence-electron chi connectivity index (χ0n) is 11.5. The number of urea groups is 1. The molecule has 0 unspecified atom stereocenters. The van der Waals surface area contributed by atoms with Gasteiger partial charge in [0.05, 0.1) is 11.5 Å². The summed E-state index contributed by atoms with van der Waals surface area (Å²) in [6, 6.07) is -0.0559. The molecule has 2 amide bonds. The van der Waals surface area contributed by atoms with E-state index >= 15 is 0 Å². The number of hydrogen-bond acceptors (Lipinski definition) is 4. The van der Waals surface area contributed by atoms with Crippen LogP contribution in [0, 0.1) is 5.92 Å². The van der Waals surface area contributed by atoms with E-state index in [1.165, 1.54) is 0 Å². The second-order valence-corrected chi connectivity index (χ2v) is 7.83. The van der Waals surface area contributed by atoms with Gasteiger partial charge in [-0.15, -0.1) is 0 Å². The van der Waals surface area contributed by atoms with Crippen LogP contribution in [0.15, 0.2) is 0 Å². The Morgan fingerprint density at radius 2 is 2.05 bits per heavy atom. The van der Waals surface area contributed by atoms with Crippen LogP contribution in [-0.2, 0) is 9.84 Å². The minimum absolute atomic E-state index is 0.0559. The lowest BCUT2D eigenvalue weighted by atomic mass is 10.1. The number of nitrogens with zero attached hydrogens (tertiary/aromatic N) is 2. The van der Waals surface area contributed by atoms with Gasteiger partial charge in [-0.2, -0.15) is 0 Å². The molecular formula is C12H23N3O3S. The van der Waals surface area contributed by atoms with Crippen LogP contribution in [0.1, 0.15) is 12.8 Å². The van der Waals surface area contributed by atoms with Crippen LogP contribution >= 0.6 is 0 Å². The molecule has 6 nitrogen and oxygen atoms in total. The second kappa shape index (κ2) is 6.09. The maximum Gasteiger partial charge on any atom is 0.317 e. The van der Waals surface area contributed by atoms with Crippen molar-refractivity contribution in [3.63, 3.8) is 0 Å². The van der Waals surface area contributed by atoms with Crippen LogP contribution in [0.5, 0.6) is 0 Å². The van der Waals surface area contributed by atoms with E-state index < -0.39 is 9.84 Å². The van der Waals surface area contributed by atoms with Crippen LogP contribution in [0.3, 0.4) is 0 Å². The van der Waals surface area contributed by atoms with Crippen molar-refractivity contribution in [2.45, 2.75) is 12.8 Å². The maximum absolute atomic E-state index is 12.0. The van der Waals surface area contributed by atoms with Gasteiger partial charge in [0.15, 0.2) is 9.84 Å². The van der Waals surface area contributed by atoms with Crippen molar-refractivity contribution in [3.05, 3.63) is 0 Å². The molecule has 0 aliphatic carbocycles. The Kier molecular flexibility index (Phi) is 4.67. The number of carbonyl (C=O) groups excluding carboxylic acids is 1. The van der Waals surface area contributed by atoms with Crippen LogP contribution < -0.4 is 5.32 Å². The summed E-state index contributed by atoms with van der Waals surface area (Å²) in [7, 11) is -0.793. The number of nitrogens with one attached hydrogen (secondary N) is 1. The Morgan fingerprint density at radius 3 is 2.74 bits per heavy atom. The first-order chi connectivity index (χ1) is 8.96. The Hall–Kier alpha value is -0.820. The molecule has 0 aromatic heterocycles. The summed E-state index contributed by atoms with van der Waals surface area (Å²) < 4.78 is 22.7. The number of carbonyl (C=O) groups is 1. The van der Waals surface area contributed by atoms with Crippen molar-refractivity contribution < 1.29 is 13.2 Å². The molecule has 2 heterocycles. The lowest BCUT2D eigenvalue weighted by Crippen LogP contribution is -2.43. The molecule has 2 saturated heterocycles. The minimum Gasteiger partial charge on any atom is -0.338 e. The van der Waals surface area contributed by atoms with Crippen LogP contribution in [0.2, 0.25) is 0 Å². The first kappa shape index (κ1) is 14.6. The number of hydrogen-bond donors (Lipinski definition) is 1. The fourth-order valence-corrected chi connectivity index (χ4v) is 4.49. The van der Waals surface area contributed by atoms with Crippen molar-refractivity contribution >= 4 is 15.9 Å². The zero-order valence-corrected chi connectivity index (χ0v) is 12.3. The van der Waals surface area contributed by atoms with E-state index in [0.717, 1.165) is 32.6 Å². The molecule has 0 bridgehead atoms. The van der Waals surface area contributed by atoms with Gasteiger partial charge in [0.25, 0.3) is 0 Å². The Bertz CT molecular complexity index is 424. The highest BCUT2D eigenvalue weighted by atomic mass is 32.2. The third-order valence-electron chi connectivity index (χ3n) is 3.88. The summed E-state index contributed by atoms with van der Waals surface area (Å²) in [6.07, 6.45) is 1.66. The first-order valence-corrected chi connectivity index (χ1v) is 8.70. The highest BCUT2D eigenvalue weighted by molar-refractivity contribution is 7.91. The molecule has 2 aliphatic heterocycles. The molecule has 0 aromatic carbocycles. The molecule has 1 atom stereocenters. The van der Waals surface area contributed by atoms with Gasteiger partial charge < -0.3 is 15.1 Å². The smallest absolute Gasteiger partial charge is 0.317 e. The lowest BCUT2D eigenvalue weighted by Gasteiger charge is -2.22. The molecule has 0 aromatic rings. The Morgan fingerprint density at radius 1 is 1.26 bits per heavy atom. The Labute approximate surface area is 115 Å². The summed E-state index contributed by atoms with van der Waals surface area (Å²) in [5, 5.41) is 2.88. The highest BCUT2D eigenvalue weighted by Gasteiger charge is 2.28. The molecule has 2 fully saturated rings. The van der Waals surface area contributed by atoms with Gasteiger partial charge >= 0.3 is 6.03 Å². The largest absolute Gasteiger partial charge is 0.338 e. The monoisotopic (exact) mass is 289 g/mol. The number of likely N-dealkylation sites (N-methyl/N-ethyl adjacent to an activating group) is 1. The van der Waals surface area contributed by atoms with Crippen molar-refractivity contribution in [3.8, 4) is 0 Å². The van der Waals surface area contributed by atoms with Gasteiger partial charge in [-0.05, 0) is 32.4 Å². The predicted octanol–water partition coefficient (Wildman–Crippen LogP) is -0.232. The zero-order chi connectivity index (χ0) is 13.9. The molecular weight excluding hydrogens is 266 g/mol. The predicted molar refractivity (Wildman–Crippen MR) is 73.8 cm³/mol. The molecule has 7 heteroatoms. The molecule has 2 aliphatic rings. The minimum atomic E-state index is -2.85. The SMILES string of the molecule is CN1CCCN(C(=O)NC[C@H]2CCS(=O)(=O)C2)CC1. The summed E-state index contributed by atoms with van der Waals surface area (Å²) in [6.45, 7) is 3.91. The van der Waals surface area contributed by atoms with E-state index in [-0.39, 0.29) is 23.5 Å². The number of sulfone groups is 1. The van der Waals surface area contributed by atoms with Gasteiger partial charge in [-0.25, -0.2) is 13.2 Å². The van der Waals surface area contributed by atoms with E-state index in [0.29, 0.717) is 13.0 Å². The fourth-order valence-electron chi connectivity index (χ4n) is 2.63. The van der Waals surface area contributed by atoms with Crippen molar-refractivity contribution in [2.75, 3.05) is 51.3 Å². The first-order valence-electron chi connectivity index (χ1n) is 6.88. The molecule has 0 radical (unpaired) electrons. The standard InChI is InChI=1S/C12H23N3O3S/c1-14-4-2-5-15(7-6-14)12(16)13-9-11-3-8-19(17,18)10-11/h11H,2-10H2,1H3,(H,13,16)/t11-/m1/s1. The topological polar surface area (TPSA) is 69.7 Å². The quantitative estimate of drug-likeness (QED) is 0.762. The summed E-state index contributed by atoms with van der Waals surface area (Å²) in [4.78, 5) is 16.1. The number of rotatable bonds is 2. The molecule has 110 valence electrons. The second-order valence-electron chi connectivity index (χ2n) is 5.60. The maximum atomic E-state index is 12.0. The van der Waals surface area contributed by atoms with Gasteiger partial charge in [-0.3, -0.25) is 0 Å². The van der Waals surface area contributed by atoms with Gasteiger partial charge in [-0.1, -0.05) is 0 Å².